The summed E-state index contributed by atoms with van der Waals surface area (Å²) in [6.07, 6.45) is 1.10. The molecular formula is C13H18O. The fourth-order valence-electron chi connectivity index (χ4n) is 1.46. The molecule has 1 aromatic rings. The third kappa shape index (κ3) is 2.91. The van der Waals surface area contributed by atoms with Gasteiger partial charge in [0.05, 0.1) is 7.11 Å². The maximum absolute atomic E-state index is 5.10. The van der Waals surface area contributed by atoms with Gasteiger partial charge < -0.3 is 4.74 Å². The van der Waals surface area contributed by atoms with Crippen molar-refractivity contribution >= 4 is 5.76 Å². The molecule has 0 aliphatic heterocycles. The molecule has 0 saturated heterocycles. The van der Waals surface area contributed by atoms with Gasteiger partial charge in [0.25, 0.3) is 0 Å². The lowest BCUT2D eigenvalue weighted by Gasteiger charge is -2.08. The van der Waals surface area contributed by atoms with Crippen molar-refractivity contribution in [1.82, 2.24) is 0 Å². The smallest absolute Gasteiger partial charge is 0.118 e. The van der Waals surface area contributed by atoms with Crippen molar-refractivity contribution in [3.63, 3.8) is 0 Å². The SMILES string of the molecule is C=C(OC)c1cccc(CC(C)C)c1. The van der Waals surface area contributed by atoms with Gasteiger partial charge in [0.1, 0.15) is 5.76 Å². The molecule has 1 rings (SSSR count). The molecule has 0 atom stereocenters. The molecule has 0 spiro atoms. The van der Waals surface area contributed by atoms with Gasteiger partial charge in [-0.3, -0.25) is 0 Å². The van der Waals surface area contributed by atoms with Crippen molar-refractivity contribution in [2.75, 3.05) is 7.11 Å². The van der Waals surface area contributed by atoms with Gasteiger partial charge in [-0.15, -0.1) is 0 Å². The Bertz CT molecular complexity index is 313. The van der Waals surface area contributed by atoms with E-state index in [1.54, 1.807) is 7.11 Å². The van der Waals surface area contributed by atoms with E-state index in [1.165, 1.54) is 5.56 Å². The summed E-state index contributed by atoms with van der Waals surface area (Å²) in [6.45, 7) is 8.28. The van der Waals surface area contributed by atoms with Gasteiger partial charge in [0, 0.05) is 5.56 Å². The van der Waals surface area contributed by atoms with E-state index in [-0.39, 0.29) is 0 Å². The fraction of sp³-hybridized carbons (Fsp3) is 0.385. The highest BCUT2D eigenvalue weighted by Crippen LogP contribution is 2.16. The second-order valence-corrected chi connectivity index (χ2v) is 3.93. The molecule has 0 unspecified atom stereocenters. The second-order valence-electron chi connectivity index (χ2n) is 3.93. The highest BCUT2D eigenvalue weighted by molar-refractivity contribution is 5.57. The van der Waals surface area contributed by atoms with Gasteiger partial charge in [-0.05, 0) is 24.0 Å². The summed E-state index contributed by atoms with van der Waals surface area (Å²) in [5.74, 6) is 1.41. The summed E-state index contributed by atoms with van der Waals surface area (Å²) in [4.78, 5) is 0. The van der Waals surface area contributed by atoms with Gasteiger partial charge in [0.2, 0.25) is 0 Å². The third-order valence-corrected chi connectivity index (χ3v) is 2.14. The van der Waals surface area contributed by atoms with Crippen molar-refractivity contribution in [1.29, 1.82) is 0 Å². The third-order valence-electron chi connectivity index (χ3n) is 2.14. The minimum Gasteiger partial charge on any atom is -0.497 e. The van der Waals surface area contributed by atoms with Crippen LogP contribution in [0.5, 0.6) is 0 Å². The van der Waals surface area contributed by atoms with E-state index < -0.39 is 0 Å². The van der Waals surface area contributed by atoms with E-state index in [2.05, 4.69) is 38.6 Å². The molecule has 0 fully saturated rings. The molecule has 1 nitrogen and oxygen atoms in total. The first-order chi connectivity index (χ1) is 6.63. The minimum absolute atomic E-state index is 0.682. The first-order valence-electron chi connectivity index (χ1n) is 4.95. The van der Waals surface area contributed by atoms with E-state index in [1.807, 2.05) is 6.07 Å². The van der Waals surface area contributed by atoms with Crippen LogP contribution in [0.4, 0.5) is 0 Å². The maximum Gasteiger partial charge on any atom is 0.118 e. The quantitative estimate of drug-likeness (QED) is 0.660. The van der Waals surface area contributed by atoms with Gasteiger partial charge in [-0.2, -0.15) is 0 Å². The Morgan fingerprint density at radius 3 is 2.71 bits per heavy atom. The first-order valence-corrected chi connectivity index (χ1v) is 4.95. The molecule has 0 amide bonds. The molecule has 1 heteroatoms. The molecule has 0 aromatic heterocycles. The minimum atomic E-state index is 0.682. The topological polar surface area (TPSA) is 9.23 Å². The zero-order valence-corrected chi connectivity index (χ0v) is 9.21. The van der Waals surface area contributed by atoms with Crippen LogP contribution in [-0.4, -0.2) is 7.11 Å². The average Bonchev–Trinajstić information content (AvgIpc) is 2.16. The summed E-state index contributed by atoms with van der Waals surface area (Å²) in [5, 5.41) is 0. The molecule has 0 radical (unpaired) electrons. The number of hydrogen-bond acceptors (Lipinski definition) is 1. The maximum atomic E-state index is 5.10. The predicted octanol–water partition coefficient (Wildman–Crippen LogP) is 3.50. The van der Waals surface area contributed by atoms with Crippen molar-refractivity contribution in [2.24, 2.45) is 5.92 Å². The Labute approximate surface area is 86.4 Å². The molecule has 0 bridgehead atoms. The molecule has 1 aromatic carbocycles. The van der Waals surface area contributed by atoms with Crippen molar-refractivity contribution < 1.29 is 4.74 Å². The van der Waals surface area contributed by atoms with Crippen molar-refractivity contribution in [2.45, 2.75) is 20.3 Å². The largest absolute Gasteiger partial charge is 0.497 e. The molecule has 0 N–H and O–H groups in total. The number of rotatable bonds is 4. The standard InChI is InChI=1S/C13H18O/c1-10(2)8-12-6-5-7-13(9-12)11(3)14-4/h5-7,9-10H,3,8H2,1-2,4H3. The Hall–Kier alpha value is -1.24. The van der Waals surface area contributed by atoms with E-state index in [0.717, 1.165) is 17.7 Å². The summed E-state index contributed by atoms with van der Waals surface area (Å²) in [5.41, 5.74) is 2.42. The van der Waals surface area contributed by atoms with Crippen LogP contribution in [0.15, 0.2) is 30.8 Å². The Morgan fingerprint density at radius 1 is 1.43 bits per heavy atom. The number of ether oxygens (including phenoxy) is 1. The van der Waals surface area contributed by atoms with Crippen LogP contribution in [0.1, 0.15) is 25.0 Å². The van der Waals surface area contributed by atoms with Gasteiger partial charge in [0.15, 0.2) is 0 Å². The number of hydrogen-bond donors (Lipinski definition) is 0. The molecule has 76 valence electrons. The molecule has 0 aliphatic carbocycles. The van der Waals surface area contributed by atoms with Crippen LogP contribution in [0.2, 0.25) is 0 Å². The van der Waals surface area contributed by atoms with Crippen LogP contribution in [0.3, 0.4) is 0 Å². The van der Waals surface area contributed by atoms with Crippen molar-refractivity contribution in [3.05, 3.63) is 42.0 Å². The Kier molecular flexibility index (Phi) is 3.75. The Morgan fingerprint density at radius 2 is 2.14 bits per heavy atom. The number of methoxy groups -OCH3 is 1. The Balaban J connectivity index is 2.84. The zero-order valence-electron chi connectivity index (χ0n) is 9.21. The second kappa shape index (κ2) is 4.85. The van der Waals surface area contributed by atoms with Crippen molar-refractivity contribution in [3.8, 4) is 0 Å². The first kappa shape index (κ1) is 10.8. The van der Waals surface area contributed by atoms with Crippen LogP contribution >= 0.6 is 0 Å². The molecule has 0 saturated carbocycles. The molecule has 14 heavy (non-hydrogen) atoms. The lowest BCUT2D eigenvalue weighted by Crippen LogP contribution is -1.95. The molecular weight excluding hydrogens is 172 g/mol. The van der Waals surface area contributed by atoms with Crippen LogP contribution < -0.4 is 0 Å². The highest BCUT2D eigenvalue weighted by atomic mass is 16.5. The van der Waals surface area contributed by atoms with E-state index in [9.17, 15) is 0 Å². The number of benzene rings is 1. The monoisotopic (exact) mass is 190 g/mol. The van der Waals surface area contributed by atoms with Gasteiger partial charge in [-0.1, -0.05) is 38.6 Å². The predicted molar refractivity (Wildman–Crippen MR) is 61.0 cm³/mol. The van der Waals surface area contributed by atoms with Crippen LogP contribution in [0, 0.1) is 5.92 Å². The van der Waals surface area contributed by atoms with E-state index in [0.29, 0.717) is 5.92 Å². The zero-order chi connectivity index (χ0) is 10.6. The lowest BCUT2D eigenvalue weighted by atomic mass is 10.0. The fourth-order valence-corrected chi connectivity index (χ4v) is 1.46. The van der Waals surface area contributed by atoms with Crippen LogP contribution in [-0.2, 0) is 11.2 Å². The summed E-state index contributed by atoms with van der Waals surface area (Å²) >= 11 is 0. The van der Waals surface area contributed by atoms with E-state index >= 15 is 0 Å². The lowest BCUT2D eigenvalue weighted by molar-refractivity contribution is 0.371. The van der Waals surface area contributed by atoms with E-state index in [4.69, 9.17) is 4.74 Å². The molecule has 0 aliphatic rings. The van der Waals surface area contributed by atoms with Crippen LogP contribution in [0.25, 0.3) is 5.76 Å². The van der Waals surface area contributed by atoms with Gasteiger partial charge in [-0.25, -0.2) is 0 Å². The summed E-state index contributed by atoms with van der Waals surface area (Å²) < 4.78 is 5.10. The summed E-state index contributed by atoms with van der Waals surface area (Å²) in [6, 6.07) is 8.37. The highest BCUT2D eigenvalue weighted by Gasteiger charge is 2.01. The summed E-state index contributed by atoms with van der Waals surface area (Å²) in [7, 11) is 1.65. The molecule has 0 heterocycles. The normalized spacial score (nSPS) is 10.3. The average molecular weight is 190 g/mol. The van der Waals surface area contributed by atoms with Gasteiger partial charge >= 0.3 is 0 Å².